The van der Waals surface area contributed by atoms with Crippen LogP contribution in [-0.2, 0) is 11.5 Å². The van der Waals surface area contributed by atoms with Crippen LogP contribution in [0.5, 0.6) is 5.75 Å². The van der Waals surface area contributed by atoms with Gasteiger partial charge >= 0.3 is 0 Å². The van der Waals surface area contributed by atoms with Gasteiger partial charge in [0.05, 0.1) is 0 Å². The van der Waals surface area contributed by atoms with Crippen molar-refractivity contribution in [3.05, 3.63) is 29.8 Å². The van der Waals surface area contributed by atoms with Gasteiger partial charge in [0, 0.05) is 0 Å². The van der Waals surface area contributed by atoms with E-state index < -0.39 is 0 Å². The normalized spacial score (nSPS) is 12.7. The Balaban J connectivity index is 2.47. The van der Waals surface area contributed by atoms with Gasteiger partial charge in [-0.05, 0) is 30.0 Å². The minimum absolute atomic E-state index is 0.111. The topological polar surface area (TPSA) is 19.9 Å². The van der Waals surface area contributed by atoms with E-state index in [0.717, 1.165) is 12.3 Å². The molecule has 0 aromatic heterocycles. The second-order valence-electron chi connectivity index (χ2n) is 4.26. The molecule has 0 aliphatic carbocycles. The molecular weight excluding hydrogens is 184 g/mol. The van der Waals surface area contributed by atoms with Gasteiger partial charge in [0.25, 0.3) is 0 Å². The molecule has 1 aromatic rings. The maximum absolute atomic E-state index is 10.9. The van der Waals surface area contributed by atoms with E-state index >= 15 is 0 Å². The van der Waals surface area contributed by atoms with Crippen molar-refractivity contribution >= 4 is 0 Å². The number of unbranched alkanes of at least 4 members (excludes halogenated alkanes) is 1. The average Bonchev–Trinajstić information content (AvgIpc) is 2.27. The summed E-state index contributed by atoms with van der Waals surface area (Å²) in [6.07, 6.45) is 6.26. The highest BCUT2D eigenvalue weighted by Gasteiger charge is 2.06. The molecule has 1 rings (SSSR count). The van der Waals surface area contributed by atoms with Crippen molar-refractivity contribution in [2.24, 2.45) is 5.92 Å². The van der Waals surface area contributed by atoms with Crippen molar-refractivity contribution in [3.8, 4) is 5.75 Å². The largest absolute Gasteiger partial charge is 0.290 e. The fourth-order valence-electron chi connectivity index (χ4n) is 1.90. The molecule has 1 nitrogen and oxygen atoms in total. The van der Waals surface area contributed by atoms with Gasteiger partial charge in [-0.3, -0.25) is 5.11 Å². The van der Waals surface area contributed by atoms with Crippen LogP contribution in [0.15, 0.2) is 24.3 Å². The van der Waals surface area contributed by atoms with Crippen LogP contribution < -0.4 is 0 Å². The minimum atomic E-state index is 0.111. The molecule has 1 atom stereocenters. The highest BCUT2D eigenvalue weighted by atomic mass is 16.3. The molecular formula is C14H21O. The summed E-state index contributed by atoms with van der Waals surface area (Å²) >= 11 is 0. The Morgan fingerprint density at radius 3 is 2.33 bits per heavy atom. The smallest absolute Gasteiger partial charge is 0.178 e. The number of hydrogen-bond donors (Lipinski definition) is 0. The van der Waals surface area contributed by atoms with Crippen LogP contribution in [0.25, 0.3) is 0 Å². The Bertz CT molecular complexity index is 263. The molecule has 0 saturated carbocycles. The van der Waals surface area contributed by atoms with Crippen molar-refractivity contribution in [2.75, 3.05) is 0 Å². The first-order chi connectivity index (χ1) is 7.26. The van der Waals surface area contributed by atoms with E-state index in [1.165, 1.54) is 31.2 Å². The quantitative estimate of drug-likeness (QED) is 0.647. The molecule has 0 amide bonds. The minimum Gasteiger partial charge on any atom is -0.290 e. The molecule has 1 aromatic carbocycles. The van der Waals surface area contributed by atoms with E-state index in [2.05, 4.69) is 13.8 Å². The predicted molar refractivity (Wildman–Crippen MR) is 63.6 cm³/mol. The number of rotatable bonds is 6. The van der Waals surface area contributed by atoms with E-state index in [-0.39, 0.29) is 5.75 Å². The van der Waals surface area contributed by atoms with Crippen LogP contribution in [-0.4, -0.2) is 0 Å². The summed E-state index contributed by atoms with van der Waals surface area (Å²) in [5, 5.41) is 10.9. The van der Waals surface area contributed by atoms with Crippen molar-refractivity contribution in [2.45, 2.75) is 46.0 Å². The van der Waals surface area contributed by atoms with E-state index in [9.17, 15) is 5.11 Å². The van der Waals surface area contributed by atoms with Crippen LogP contribution in [0.2, 0.25) is 0 Å². The van der Waals surface area contributed by atoms with Crippen LogP contribution >= 0.6 is 0 Å². The van der Waals surface area contributed by atoms with Crippen molar-refractivity contribution < 1.29 is 5.11 Å². The fraction of sp³-hybridized carbons (Fsp3) is 0.571. The summed E-state index contributed by atoms with van der Waals surface area (Å²) in [6, 6.07) is 7.28. The van der Waals surface area contributed by atoms with Gasteiger partial charge in [-0.2, -0.15) is 0 Å². The molecule has 0 heterocycles. The second-order valence-corrected chi connectivity index (χ2v) is 4.26. The molecule has 0 spiro atoms. The summed E-state index contributed by atoms with van der Waals surface area (Å²) in [7, 11) is 0. The lowest BCUT2D eigenvalue weighted by Crippen LogP contribution is -2.03. The van der Waals surface area contributed by atoms with Crippen LogP contribution in [0, 0.1) is 5.92 Å². The molecule has 83 valence electrons. The van der Waals surface area contributed by atoms with Gasteiger partial charge in [-0.1, -0.05) is 51.7 Å². The highest BCUT2D eigenvalue weighted by molar-refractivity contribution is 5.25. The van der Waals surface area contributed by atoms with Crippen LogP contribution in [0.1, 0.15) is 45.1 Å². The van der Waals surface area contributed by atoms with E-state index in [0.29, 0.717) is 0 Å². The van der Waals surface area contributed by atoms with Gasteiger partial charge in [-0.15, -0.1) is 0 Å². The third-order valence-corrected chi connectivity index (χ3v) is 2.99. The van der Waals surface area contributed by atoms with Crippen molar-refractivity contribution in [3.63, 3.8) is 0 Å². The summed E-state index contributed by atoms with van der Waals surface area (Å²) < 4.78 is 0. The molecule has 15 heavy (non-hydrogen) atoms. The molecule has 0 aliphatic heterocycles. The van der Waals surface area contributed by atoms with Gasteiger partial charge in [-0.25, -0.2) is 0 Å². The summed E-state index contributed by atoms with van der Waals surface area (Å²) in [4.78, 5) is 0. The Hall–Kier alpha value is -0.980. The van der Waals surface area contributed by atoms with Crippen molar-refractivity contribution in [1.29, 1.82) is 0 Å². The monoisotopic (exact) mass is 205 g/mol. The van der Waals surface area contributed by atoms with Gasteiger partial charge in [0.15, 0.2) is 5.75 Å². The molecule has 0 N–H and O–H groups in total. The zero-order valence-electron chi connectivity index (χ0n) is 9.83. The standard InChI is InChI=1S/C14H21O/c1-3-5-6-12(4-2)11-13-7-9-14(15)10-8-13/h7-10,12H,3-6,11H2,1-2H3. The average molecular weight is 205 g/mol. The van der Waals surface area contributed by atoms with Crippen LogP contribution in [0.3, 0.4) is 0 Å². The highest BCUT2D eigenvalue weighted by Crippen LogP contribution is 2.20. The Morgan fingerprint density at radius 2 is 1.80 bits per heavy atom. The molecule has 0 saturated heterocycles. The zero-order valence-corrected chi connectivity index (χ0v) is 9.83. The van der Waals surface area contributed by atoms with Crippen LogP contribution in [0.4, 0.5) is 0 Å². The SMILES string of the molecule is CCCCC(CC)Cc1ccc([O])cc1. The first-order valence-electron chi connectivity index (χ1n) is 6.02. The van der Waals surface area contributed by atoms with Gasteiger partial charge in [0.2, 0.25) is 0 Å². The van der Waals surface area contributed by atoms with Crippen molar-refractivity contribution in [1.82, 2.24) is 0 Å². The molecule has 1 heteroatoms. The van der Waals surface area contributed by atoms with E-state index in [1.54, 1.807) is 12.1 Å². The third-order valence-electron chi connectivity index (χ3n) is 2.99. The first kappa shape index (κ1) is 12.1. The maximum Gasteiger partial charge on any atom is 0.178 e. The lowest BCUT2D eigenvalue weighted by molar-refractivity contribution is 0.354. The van der Waals surface area contributed by atoms with Gasteiger partial charge in [0.1, 0.15) is 0 Å². The Labute approximate surface area is 93.1 Å². The Kier molecular flexibility index (Phi) is 5.23. The Morgan fingerprint density at radius 1 is 1.13 bits per heavy atom. The van der Waals surface area contributed by atoms with E-state index in [4.69, 9.17) is 0 Å². The molecule has 0 fully saturated rings. The van der Waals surface area contributed by atoms with E-state index in [1.807, 2.05) is 12.1 Å². The summed E-state index contributed by atoms with van der Waals surface area (Å²) in [5.41, 5.74) is 1.30. The third kappa shape index (κ3) is 4.37. The molecule has 1 radical (unpaired) electrons. The second kappa shape index (κ2) is 6.49. The first-order valence-corrected chi connectivity index (χ1v) is 6.02. The fourth-order valence-corrected chi connectivity index (χ4v) is 1.90. The number of hydrogen-bond acceptors (Lipinski definition) is 0. The molecule has 0 aliphatic rings. The molecule has 0 bridgehead atoms. The maximum atomic E-state index is 10.9. The summed E-state index contributed by atoms with van der Waals surface area (Å²) in [6.45, 7) is 4.49. The molecule has 1 unspecified atom stereocenters. The summed E-state index contributed by atoms with van der Waals surface area (Å²) in [5.74, 6) is 0.891. The lowest BCUT2D eigenvalue weighted by Gasteiger charge is -2.14. The lowest BCUT2D eigenvalue weighted by atomic mass is 9.92. The number of benzene rings is 1. The predicted octanol–water partition coefficient (Wildman–Crippen LogP) is 4.59. The zero-order chi connectivity index (χ0) is 11.1. The van der Waals surface area contributed by atoms with Gasteiger partial charge < -0.3 is 0 Å².